The van der Waals surface area contributed by atoms with E-state index in [2.05, 4.69) is 20.7 Å². The van der Waals surface area contributed by atoms with Crippen molar-refractivity contribution in [2.75, 3.05) is 7.11 Å². The van der Waals surface area contributed by atoms with Crippen LogP contribution in [0, 0.1) is 5.92 Å². The normalized spacial score (nSPS) is 13.2. The maximum absolute atomic E-state index is 12.2. The summed E-state index contributed by atoms with van der Waals surface area (Å²) < 4.78 is 31.9. The zero-order valence-corrected chi connectivity index (χ0v) is 13.7. The molecular formula is C12H16BrNO5S. The molecule has 1 atom stereocenters. The molecule has 1 aromatic carbocycles. The summed E-state index contributed by atoms with van der Waals surface area (Å²) in [6, 6.07) is 3.16. The van der Waals surface area contributed by atoms with Crippen LogP contribution in [0.5, 0.6) is 5.75 Å². The first-order valence-electron chi connectivity index (χ1n) is 5.77. The van der Waals surface area contributed by atoms with Crippen LogP contribution in [0.1, 0.15) is 13.8 Å². The molecule has 0 saturated heterocycles. The standard InChI is InChI=1S/C12H16BrNO5S/c1-7(2)11(12(15)16)14-20(17,18)10-5-4-8(19-3)6-9(10)13/h4-7,11,14H,1-3H3,(H,15,16). The first kappa shape index (κ1) is 16.9. The number of sulfonamides is 1. The van der Waals surface area contributed by atoms with E-state index >= 15 is 0 Å². The number of nitrogens with one attached hydrogen (secondary N) is 1. The Hall–Kier alpha value is -1.12. The molecule has 0 aliphatic carbocycles. The number of rotatable bonds is 6. The summed E-state index contributed by atoms with van der Waals surface area (Å²) >= 11 is 3.14. The maximum Gasteiger partial charge on any atom is 0.322 e. The third kappa shape index (κ3) is 3.94. The van der Waals surface area contributed by atoms with Crippen LogP contribution in [-0.2, 0) is 14.8 Å². The van der Waals surface area contributed by atoms with E-state index in [9.17, 15) is 13.2 Å². The molecule has 6 nitrogen and oxygen atoms in total. The van der Waals surface area contributed by atoms with Crippen molar-refractivity contribution >= 4 is 31.9 Å². The van der Waals surface area contributed by atoms with Crippen molar-refractivity contribution in [3.63, 3.8) is 0 Å². The molecule has 1 aromatic rings. The molecule has 0 aromatic heterocycles. The lowest BCUT2D eigenvalue weighted by molar-refractivity contribution is -0.140. The molecule has 0 amide bonds. The summed E-state index contributed by atoms with van der Waals surface area (Å²) in [5, 5.41) is 9.05. The quantitative estimate of drug-likeness (QED) is 0.802. The molecule has 8 heteroatoms. The van der Waals surface area contributed by atoms with Gasteiger partial charge in [-0.1, -0.05) is 13.8 Å². The Kier molecular flexibility index (Phi) is 5.55. The fraction of sp³-hybridized carbons (Fsp3) is 0.417. The molecule has 0 aliphatic heterocycles. The van der Waals surface area contributed by atoms with Crippen LogP contribution in [0.2, 0.25) is 0 Å². The Balaban J connectivity index is 3.14. The van der Waals surface area contributed by atoms with E-state index < -0.39 is 22.0 Å². The Morgan fingerprint density at radius 2 is 2.00 bits per heavy atom. The molecule has 0 radical (unpaired) electrons. The first-order chi connectivity index (χ1) is 9.19. The lowest BCUT2D eigenvalue weighted by Gasteiger charge is -2.18. The second-order valence-corrected chi connectivity index (χ2v) is 7.01. The highest BCUT2D eigenvalue weighted by molar-refractivity contribution is 9.10. The molecule has 20 heavy (non-hydrogen) atoms. The van der Waals surface area contributed by atoms with Crippen molar-refractivity contribution in [2.45, 2.75) is 24.8 Å². The van der Waals surface area contributed by atoms with Crippen molar-refractivity contribution < 1.29 is 23.1 Å². The number of carboxylic acid groups (broad SMARTS) is 1. The molecule has 0 saturated carbocycles. The topological polar surface area (TPSA) is 92.7 Å². The molecule has 112 valence electrons. The highest BCUT2D eigenvalue weighted by Crippen LogP contribution is 2.26. The largest absolute Gasteiger partial charge is 0.497 e. The second kappa shape index (κ2) is 6.55. The van der Waals surface area contributed by atoms with Gasteiger partial charge in [0.2, 0.25) is 10.0 Å². The summed E-state index contributed by atoms with van der Waals surface area (Å²) in [4.78, 5) is 11.0. The molecule has 0 aliphatic rings. The Morgan fingerprint density at radius 1 is 1.40 bits per heavy atom. The van der Waals surface area contributed by atoms with Crippen molar-refractivity contribution in [3.05, 3.63) is 22.7 Å². The molecular weight excluding hydrogens is 350 g/mol. The third-order valence-corrected chi connectivity index (χ3v) is 5.06. The molecule has 2 N–H and O–H groups in total. The molecule has 0 heterocycles. The Labute approximate surface area is 126 Å². The van der Waals surface area contributed by atoms with Crippen LogP contribution in [0.15, 0.2) is 27.6 Å². The zero-order valence-electron chi connectivity index (χ0n) is 11.3. The van der Waals surface area contributed by atoms with E-state index in [4.69, 9.17) is 9.84 Å². The SMILES string of the molecule is COc1ccc(S(=O)(=O)NC(C(=O)O)C(C)C)c(Br)c1. The number of methoxy groups -OCH3 is 1. The highest BCUT2D eigenvalue weighted by atomic mass is 79.9. The minimum absolute atomic E-state index is 0.0369. The monoisotopic (exact) mass is 365 g/mol. The maximum atomic E-state index is 12.2. The average molecular weight is 366 g/mol. The molecule has 1 rings (SSSR count). The summed E-state index contributed by atoms with van der Waals surface area (Å²) in [6.45, 7) is 3.26. The van der Waals surface area contributed by atoms with Crippen LogP contribution in [-0.4, -0.2) is 32.6 Å². The second-order valence-electron chi connectivity index (χ2n) is 4.48. The van der Waals surface area contributed by atoms with E-state index in [1.165, 1.54) is 25.3 Å². The predicted molar refractivity (Wildman–Crippen MR) is 77.3 cm³/mol. The number of carbonyl (C=O) groups is 1. The number of hydrogen-bond acceptors (Lipinski definition) is 4. The fourth-order valence-corrected chi connectivity index (χ4v) is 3.92. The first-order valence-corrected chi connectivity index (χ1v) is 8.05. The average Bonchev–Trinajstić information content (AvgIpc) is 2.34. The van der Waals surface area contributed by atoms with Gasteiger partial charge in [-0.05, 0) is 40.0 Å². The van der Waals surface area contributed by atoms with Crippen LogP contribution in [0.4, 0.5) is 0 Å². The van der Waals surface area contributed by atoms with Crippen molar-refractivity contribution in [1.29, 1.82) is 0 Å². The third-order valence-electron chi connectivity index (χ3n) is 2.64. The van der Waals surface area contributed by atoms with Gasteiger partial charge in [-0.15, -0.1) is 0 Å². The van der Waals surface area contributed by atoms with Gasteiger partial charge in [0.25, 0.3) is 0 Å². The molecule has 0 bridgehead atoms. The van der Waals surface area contributed by atoms with E-state index in [1.807, 2.05) is 0 Å². The summed E-state index contributed by atoms with van der Waals surface area (Å²) in [5.41, 5.74) is 0. The molecule has 0 fully saturated rings. The fourth-order valence-electron chi connectivity index (χ4n) is 1.53. The number of ether oxygens (including phenoxy) is 1. The number of halogens is 1. The van der Waals surface area contributed by atoms with Gasteiger partial charge >= 0.3 is 5.97 Å². The Morgan fingerprint density at radius 3 is 2.40 bits per heavy atom. The van der Waals surface area contributed by atoms with E-state index in [1.54, 1.807) is 13.8 Å². The van der Waals surface area contributed by atoms with Gasteiger partial charge in [0.05, 0.1) is 12.0 Å². The number of carboxylic acids is 1. The van der Waals surface area contributed by atoms with Gasteiger partial charge < -0.3 is 9.84 Å². The van der Waals surface area contributed by atoms with Crippen LogP contribution in [0.3, 0.4) is 0 Å². The molecule has 1 unspecified atom stereocenters. The van der Waals surface area contributed by atoms with Crippen molar-refractivity contribution in [1.82, 2.24) is 4.72 Å². The van der Waals surface area contributed by atoms with Crippen LogP contribution >= 0.6 is 15.9 Å². The van der Waals surface area contributed by atoms with Crippen LogP contribution < -0.4 is 9.46 Å². The summed E-state index contributed by atoms with van der Waals surface area (Å²) in [6.07, 6.45) is 0. The van der Waals surface area contributed by atoms with Gasteiger partial charge in [0.1, 0.15) is 11.8 Å². The predicted octanol–water partition coefficient (Wildman–Crippen LogP) is 1.85. The van der Waals surface area contributed by atoms with E-state index in [0.717, 1.165) is 0 Å². The zero-order chi connectivity index (χ0) is 15.5. The minimum Gasteiger partial charge on any atom is -0.497 e. The van der Waals surface area contributed by atoms with Gasteiger partial charge in [-0.2, -0.15) is 4.72 Å². The highest BCUT2D eigenvalue weighted by Gasteiger charge is 2.29. The van der Waals surface area contributed by atoms with Crippen LogP contribution in [0.25, 0.3) is 0 Å². The lowest BCUT2D eigenvalue weighted by Crippen LogP contribution is -2.44. The number of aliphatic carboxylic acids is 1. The summed E-state index contributed by atoms with van der Waals surface area (Å²) in [5.74, 6) is -1.10. The van der Waals surface area contributed by atoms with E-state index in [0.29, 0.717) is 10.2 Å². The van der Waals surface area contributed by atoms with Gasteiger partial charge in [0.15, 0.2) is 0 Å². The molecule has 0 spiro atoms. The van der Waals surface area contributed by atoms with Crippen molar-refractivity contribution in [2.24, 2.45) is 5.92 Å². The Bertz CT molecular complexity index is 600. The van der Waals surface area contributed by atoms with Crippen molar-refractivity contribution in [3.8, 4) is 5.75 Å². The lowest BCUT2D eigenvalue weighted by atomic mass is 10.1. The number of hydrogen-bond donors (Lipinski definition) is 2. The smallest absolute Gasteiger partial charge is 0.322 e. The van der Waals surface area contributed by atoms with E-state index in [-0.39, 0.29) is 10.8 Å². The summed E-state index contributed by atoms with van der Waals surface area (Å²) in [7, 11) is -2.47. The van der Waals surface area contributed by atoms with Gasteiger partial charge in [-0.25, -0.2) is 8.42 Å². The number of benzene rings is 1. The van der Waals surface area contributed by atoms with Gasteiger partial charge in [0, 0.05) is 4.47 Å². The minimum atomic E-state index is -3.94. The van der Waals surface area contributed by atoms with Gasteiger partial charge in [-0.3, -0.25) is 4.79 Å².